The van der Waals surface area contributed by atoms with Gasteiger partial charge in [0, 0.05) is 16.8 Å². The Labute approximate surface area is 116 Å². The monoisotopic (exact) mass is 267 g/mol. The number of benzene rings is 2. The highest BCUT2D eigenvalue weighted by atomic mass is 19.1. The molecule has 0 radical (unpaired) electrons. The fourth-order valence-electron chi connectivity index (χ4n) is 2.32. The zero-order chi connectivity index (χ0) is 14.1. The van der Waals surface area contributed by atoms with Crippen LogP contribution in [0.5, 0.6) is 0 Å². The van der Waals surface area contributed by atoms with E-state index in [2.05, 4.69) is 12.2 Å². The van der Waals surface area contributed by atoms with E-state index in [9.17, 15) is 9.18 Å². The minimum Gasteiger partial charge on any atom is -0.321 e. The summed E-state index contributed by atoms with van der Waals surface area (Å²) in [5.41, 5.74) is 3.96. The SMILES string of the molecule is CCc1ccc(C=C2C(=O)Nc3ccc(F)cc32)cc1. The lowest BCUT2D eigenvalue weighted by Gasteiger charge is -2.00. The van der Waals surface area contributed by atoms with Gasteiger partial charge in [-0.2, -0.15) is 0 Å². The molecule has 100 valence electrons. The zero-order valence-corrected chi connectivity index (χ0v) is 11.1. The van der Waals surface area contributed by atoms with Crippen molar-refractivity contribution >= 4 is 23.2 Å². The number of halogens is 1. The predicted octanol–water partition coefficient (Wildman–Crippen LogP) is 3.88. The van der Waals surface area contributed by atoms with Crippen molar-refractivity contribution in [2.24, 2.45) is 0 Å². The first kappa shape index (κ1) is 12.6. The van der Waals surface area contributed by atoms with Crippen molar-refractivity contribution in [2.75, 3.05) is 5.32 Å². The molecule has 1 amide bonds. The van der Waals surface area contributed by atoms with Crippen LogP contribution >= 0.6 is 0 Å². The number of carbonyl (C=O) groups is 1. The van der Waals surface area contributed by atoms with E-state index in [1.807, 2.05) is 24.3 Å². The summed E-state index contributed by atoms with van der Waals surface area (Å²) in [5.74, 6) is -0.530. The van der Waals surface area contributed by atoms with E-state index in [1.54, 1.807) is 12.1 Å². The minimum atomic E-state index is -0.340. The molecule has 3 heteroatoms. The molecule has 0 spiro atoms. The summed E-state index contributed by atoms with van der Waals surface area (Å²) in [6.07, 6.45) is 2.77. The average Bonchev–Trinajstić information content (AvgIpc) is 2.76. The van der Waals surface area contributed by atoms with Crippen molar-refractivity contribution in [3.63, 3.8) is 0 Å². The lowest BCUT2D eigenvalue weighted by molar-refractivity contribution is -0.110. The molecule has 0 unspecified atom stereocenters. The maximum Gasteiger partial charge on any atom is 0.256 e. The third-order valence-electron chi connectivity index (χ3n) is 3.46. The second kappa shape index (κ2) is 4.93. The van der Waals surface area contributed by atoms with Gasteiger partial charge in [0.25, 0.3) is 5.91 Å². The molecule has 0 fully saturated rings. The normalized spacial score (nSPS) is 15.3. The van der Waals surface area contributed by atoms with Gasteiger partial charge in [0.1, 0.15) is 5.82 Å². The predicted molar refractivity (Wildman–Crippen MR) is 78.7 cm³/mol. The van der Waals surface area contributed by atoms with Crippen molar-refractivity contribution in [3.8, 4) is 0 Å². The van der Waals surface area contributed by atoms with E-state index in [-0.39, 0.29) is 11.7 Å². The van der Waals surface area contributed by atoms with Crippen LogP contribution in [0.15, 0.2) is 42.5 Å². The van der Waals surface area contributed by atoms with E-state index < -0.39 is 0 Å². The van der Waals surface area contributed by atoms with Crippen LogP contribution < -0.4 is 5.32 Å². The van der Waals surface area contributed by atoms with Gasteiger partial charge in [-0.25, -0.2) is 4.39 Å². The van der Waals surface area contributed by atoms with E-state index in [4.69, 9.17) is 0 Å². The number of aryl methyl sites for hydroxylation is 1. The molecule has 2 aromatic carbocycles. The van der Waals surface area contributed by atoms with Crippen LogP contribution in [0.4, 0.5) is 10.1 Å². The molecular formula is C17H14FNO. The van der Waals surface area contributed by atoms with Gasteiger partial charge in [-0.05, 0) is 41.8 Å². The van der Waals surface area contributed by atoms with Gasteiger partial charge in [0.05, 0.1) is 0 Å². The summed E-state index contributed by atoms with van der Waals surface area (Å²) in [6, 6.07) is 12.3. The fourth-order valence-corrected chi connectivity index (χ4v) is 2.32. The summed E-state index contributed by atoms with van der Waals surface area (Å²) in [4.78, 5) is 12.0. The first-order chi connectivity index (χ1) is 9.67. The van der Waals surface area contributed by atoms with E-state index in [0.717, 1.165) is 12.0 Å². The highest BCUT2D eigenvalue weighted by Crippen LogP contribution is 2.33. The highest BCUT2D eigenvalue weighted by Gasteiger charge is 2.24. The quantitative estimate of drug-likeness (QED) is 0.822. The molecule has 0 saturated heterocycles. The Kier molecular flexibility index (Phi) is 3.11. The molecule has 1 heterocycles. The molecule has 0 atom stereocenters. The van der Waals surface area contributed by atoms with Gasteiger partial charge in [0.2, 0.25) is 0 Å². The van der Waals surface area contributed by atoms with Crippen LogP contribution in [0.3, 0.4) is 0 Å². The van der Waals surface area contributed by atoms with Gasteiger partial charge in [-0.1, -0.05) is 31.2 Å². The molecule has 2 nitrogen and oxygen atoms in total. The summed E-state index contributed by atoms with van der Waals surface area (Å²) < 4.78 is 13.3. The molecule has 1 aliphatic rings. The van der Waals surface area contributed by atoms with Crippen LogP contribution in [-0.4, -0.2) is 5.91 Å². The van der Waals surface area contributed by atoms with Crippen molar-refractivity contribution in [1.29, 1.82) is 0 Å². The summed E-state index contributed by atoms with van der Waals surface area (Å²) in [6.45, 7) is 2.09. The second-order valence-corrected chi connectivity index (χ2v) is 4.80. The van der Waals surface area contributed by atoms with Crippen molar-refractivity contribution in [2.45, 2.75) is 13.3 Å². The molecular weight excluding hydrogens is 253 g/mol. The number of nitrogens with one attached hydrogen (secondary N) is 1. The average molecular weight is 267 g/mol. The Morgan fingerprint density at radius 3 is 2.60 bits per heavy atom. The van der Waals surface area contributed by atoms with Gasteiger partial charge in [-0.15, -0.1) is 0 Å². The van der Waals surface area contributed by atoms with E-state index >= 15 is 0 Å². The third-order valence-corrected chi connectivity index (χ3v) is 3.46. The van der Waals surface area contributed by atoms with Gasteiger partial charge >= 0.3 is 0 Å². The van der Waals surface area contributed by atoms with Crippen LogP contribution in [-0.2, 0) is 11.2 Å². The van der Waals surface area contributed by atoms with Crippen LogP contribution in [0.25, 0.3) is 11.6 Å². The van der Waals surface area contributed by atoms with Crippen molar-refractivity contribution < 1.29 is 9.18 Å². The maximum absolute atomic E-state index is 13.3. The second-order valence-electron chi connectivity index (χ2n) is 4.80. The Bertz CT molecular complexity index is 701. The number of anilines is 1. The molecule has 1 N–H and O–H groups in total. The largest absolute Gasteiger partial charge is 0.321 e. The van der Waals surface area contributed by atoms with E-state index in [0.29, 0.717) is 16.8 Å². The molecule has 1 aliphatic heterocycles. The summed E-state index contributed by atoms with van der Waals surface area (Å²) in [5, 5.41) is 2.74. The van der Waals surface area contributed by atoms with Crippen LogP contribution in [0.2, 0.25) is 0 Å². The molecule has 20 heavy (non-hydrogen) atoms. The van der Waals surface area contributed by atoms with Crippen LogP contribution in [0, 0.1) is 5.82 Å². The Balaban J connectivity index is 2.03. The van der Waals surface area contributed by atoms with Crippen molar-refractivity contribution in [3.05, 3.63) is 65.0 Å². The number of carbonyl (C=O) groups excluding carboxylic acids is 1. The lowest BCUT2D eigenvalue weighted by Crippen LogP contribution is -2.03. The standard InChI is InChI=1S/C17H14FNO/c1-2-11-3-5-12(6-4-11)9-15-14-10-13(18)7-8-16(14)19-17(15)20/h3-10H,2H2,1H3,(H,19,20). The van der Waals surface area contributed by atoms with Gasteiger partial charge < -0.3 is 5.32 Å². The molecule has 0 saturated carbocycles. The first-order valence-electron chi connectivity index (χ1n) is 6.59. The number of hydrogen-bond donors (Lipinski definition) is 1. The van der Waals surface area contributed by atoms with Gasteiger partial charge in [0.15, 0.2) is 0 Å². The fraction of sp³-hybridized carbons (Fsp3) is 0.118. The number of hydrogen-bond acceptors (Lipinski definition) is 1. The lowest BCUT2D eigenvalue weighted by atomic mass is 10.0. The van der Waals surface area contributed by atoms with Crippen LogP contribution in [0.1, 0.15) is 23.6 Å². The Hall–Kier alpha value is -2.42. The van der Waals surface area contributed by atoms with Crippen molar-refractivity contribution in [1.82, 2.24) is 0 Å². The van der Waals surface area contributed by atoms with E-state index in [1.165, 1.54) is 17.7 Å². The summed E-state index contributed by atoms with van der Waals surface area (Å²) >= 11 is 0. The molecule has 2 aromatic rings. The third kappa shape index (κ3) is 2.23. The van der Waals surface area contributed by atoms with Gasteiger partial charge in [-0.3, -0.25) is 4.79 Å². The minimum absolute atomic E-state index is 0.190. The molecule has 0 aromatic heterocycles. The Morgan fingerprint density at radius 2 is 1.90 bits per heavy atom. The molecule has 0 aliphatic carbocycles. The maximum atomic E-state index is 13.3. The smallest absolute Gasteiger partial charge is 0.256 e. The first-order valence-corrected chi connectivity index (χ1v) is 6.59. The molecule has 3 rings (SSSR count). The summed E-state index contributed by atoms with van der Waals surface area (Å²) in [7, 11) is 0. The molecule has 0 bridgehead atoms. The topological polar surface area (TPSA) is 29.1 Å². The zero-order valence-electron chi connectivity index (χ0n) is 11.1. The number of fused-ring (bicyclic) bond motifs is 1. The Morgan fingerprint density at radius 1 is 1.15 bits per heavy atom. The number of rotatable bonds is 2. The highest BCUT2D eigenvalue weighted by molar-refractivity contribution is 6.34. The number of amides is 1.